The Morgan fingerprint density at radius 2 is 2.11 bits per heavy atom. The van der Waals surface area contributed by atoms with E-state index in [2.05, 4.69) is 17.1 Å². The highest BCUT2D eigenvalue weighted by molar-refractivity contribution is 8.01. The van der Waals surface area contributed by atoms with E-state index in [1.165, 1.54) is 55.2 Å². The highest BCUT2D eigenvalue weighted by Gasteiger charge is 2.06. The lowest BCUT2D eigenvalue weighted by molar-refractivity contribution is 0.0467. The molecule has 1 aromatic rings. The fourth-order valence-corrected chi connectivity index (χ4v) is 3.07. The van der Waals surface area contributed by atoms with Gasteiger partial charge in [-0.25, -0.2) is 0 Å². The van der Waals surface area contributed by atoms with Crippen LogP contribution in [0.5, 0.6) is 0 Å². The standard InChI is InChI=1S/C13H24N2O2S2/c1-2-3-4-5-6-7-8-17-9-12(16)10-18-13-15-14-11-19-13/h11-12,16H,2-10H2,1H3. The van der Waals surface area contributed by atoms with Crippen LogP contribution in [-0.2, 0) is 4.74 Å². The van der Waals surface area contributed by atoms with Crippen LogP contribution in [0.25, 0.3) is 0 Å². The van der Waals surface area contributed by atoms with Crippen LogP contribution in [-0.4, -0.2) is 40.4 Å². The Kier molecular flexibility index (Phi) is 10.3. The summed E-state index contributed by atoms with van der Waals surface area (Å²) in [5, 5.41) is 17.4. The van der Waals surface area contributed by atoms with Crippen LogP contribution in [0.15, 0.2) is 9.85 Å². The third-order valence-electron chi connectivity index (χ3n) is 2.69. The lowest BCUT2D eigenvalue weighted by Gasteiger charge is -2.09. The summed E-state index contributed by atoms with van der Waals surface area (Å²) < 4.78 is 6.37. The highest BCUT2D eigenvalue weighted by atomic mass is 32.2. The van der Waals surface area contributed by atoms with Gasteiger partial charge in [0.15, 0.2) is 4.34 Å². The van der Waals surface area contributed by atoms with Gasteiger partial charge in [0.05, 0.1) is 12.7 Å². The van der Waals surface area contributed by atoms with Gasteiger partial charge in [0.2, 0.25) is 0 Å². The third kappa shape index (κ3) is 9.38. The van der Waals surface area contributed by atoms with Gasteiger partial charge in [-0.2, -0.15) is 0 Å². The Hall–Kier alpha value is -0.170. The molecular formula is C13H24N2O2S2. The summed E-state index contributed by atoms with van der Waals surface area (Å²) in [6.45, 7) is 3.40. The molecule has 0 aromatic carbocycles. The summed E-state index contributed by atoms with van der Waals surface area (Å²) in [5.41, 5.74) is 1.70. The van der Waals surface area contributed by atoms with Gasteiger partial charge in [0.1, 0.15) is 5.51 Å². The van der Waals surface area contributed by atoms with Gasteiger partial charge in [0.25, 0.3) is 0 Å². The van der Waals surface area contributed by atoms with Crippen LogP contribution in [0.3, 0.4) is 0 Å². The zero-order chi connectivity index (χ0) is 13.8. The molecule has 0 saturated carbocycles. The van der Waals surface area contributed by atoms with Crippen molar-refractivity contribution in [1.29, 1.82) is 0 Å². The predicted molar refractivity (Wildman–Crippen MR) is 80.8 cm³/mol. The van der Waals surface area contributed by atoms with E-state index in [0.29, 0.717) is 12.4 Å². The first-order valence-corrected chi connectivity index (χ1v) is 8.84. The summed E-state index contributed by atoms with van der Waals surface area (Å²) >= 11 is 3.02. The van der Waals surface area contributed by atoms with Crippen LogP contribution in [0, 0.1) is 0 Å². The maximum Gasteiger partial charge on any atom is 0.174 e. The average Bonchev–Trinajstić information content (AvgIpc) is 2.93. The van der Waals surface area contributed by atoms with Gasteiger partial charge in [-0.15, -0.1) is 10.2 Å². The average molecular weight is 304 g/mol. The largest absolute Gasteiger partial charge is 0.390 e. The summed E-state index contributed by atoms with van der Waals surface area (Å²) in [4.78, 5) is 0. The molecule has 6 heteroatoms. The minimum atomic E-state index is -0.422. The molecule has 0 aliphatic carbocycles. The first kappa shape index (κ1) is 16.9. The number of hydrogen-bond acceptors (Lipinski definition) is 6. The number of ether oxygens (including phenoxy) is 1. The fraction of sp³-hybridized carbons (Fsp3) is 0.846. The molecule has 0 saturated heterocycles. The zero-order valence-corrected chi connectivity index (χ0v) is 13.2. The number of unbranched alkanes of at least 4 members (excludes halogenated alkanes) is 5. The van der Waals surface area contributed by atoms with Crippen LogP contribution in [0.1, 0.15) is 45.4 Å². The Morgan fingerprint density at radius 1 is 1.32 bits per heavy atom. The SMILES string of the molecule is CCCCCCCCOCC(O)CSc1nncs1. The Morgan fingerprint density at radius 3 is 2.84 bits per heavy atom. The maximum atomic E-state index is 9.73. The van der Waals surface area contributed by atoms with Gasteiger partial charge in [0, 0.05) is 12.4 Å². The minimum absolute atomic E-state index is 0.417. The normalized spacial score (nSPS) is 12.7. The second-order valence-electron chi connectivity index (χ2n) is 4.51. The molecule has 1 rings (SSSR count). The molecule has 1 heterocycles. The molecule has 1 N–H and O–H groups in total. The first-order chi connectivity index (χ1) is 9.33. The van der Waals surface area contributed by atoms with Crippen molar-refractivity contribution in [2.75, 3.05) is 19.0 Å². The summed E-state index contributed by atoms with van der Waals surface area (Å²) in [7, 11) is 0. The number of nitrogens with zero attached hydrogens (tertiary/aromatic N) is 2. The molecule has 0 bridgehead atoms. The number of aliphatic hydroxyl groups excluding tert-OH is 1. The van der Waals surface area contributed by atoms with Gasteiger partial charge in [-0.05, 0) is 6.42 Å². The Bertz CT molecular complexity index is 297. The lowest BCUT2D eigenvalue weighted by Crippen LogP contribution is -2.18. The molecule has 0 fully saturated rings. The van der Waals surface area contributed by atoms with E-state index in [1.54, 1.807) is 5.51 Å². The van der Waals surface area contributed by atoms with Crippen molar-refractivity contribution in [2.45, 2.75) is 55.9 Å². The molecule has 0 radical (unpaired) electrons. The van der Waals surface area contributed by atoms with Crippen molar-refractivity contribution in [3.05, 3.63) is 5.51 Å². The van der Waals surface area contributed by atoms with E-state index in [9.17, 15) is 5.11 Å². The van der Waals surface area contributed by atoms with E-state index in [4.69, 9.17) is 4.74 Å². The van der Waals surface area contributed by atoms with Crippen molar-refractivity contribution in [2.24, 2.45) is 0 Å². The number of rotatable bonds is 12. The Labute approximate surface area is 124 Å². The van der Waals surface area contributed by atoms with E-state index >= 15 is 0 Å². The van der Waals surface area contributed by atoms with E-state index in [1.807, 2.05) is 0 Å². The van der Waals surface area contributed by atoms with Gasteiger partial charge in [-0.3, -0.25) is 0 Å². The maximum absolute atomic E-state index is 9.73. The van der Waals surface area contributed by atoms with E-state index < -0.39 is 6.10 Å². The molecule has 0 aliphatic heterocycles. The number of hydrogen-bond donors (Lipinski definition) is 1. The van der Waals surface area contributed by atoms with Gasteiger partial charge in [-0.1, -0.05) is 62.1 Å². The predicted octanol–water partition coefficient (Wildman–Crippen LogP) is 3.37. The van der Waals surface area contributed by atoms with Crippen LogP contribution < -0.4 is 0 Å². The molecular weight excluding hydrogens is 280 g/mol. The number of thioether (sulfide) groups is 1. The molecule has 1 unspecified atom stereocenters. The summed E-state index contributed by atoms with van der Waals surface area (Å²) in [5.74, 6) is 0.617. The molecule has 110 valence electrons. The van der Waals surface area contributed by atoms with Crippen LogP contribution >= 0.6 is 23.1 Å². The quantitative estimate of drug-likeness (QED) is 0.474. The van der Waals surface area contributed by atoms with Crippen LogP contribution in [0.4, 0.5) is 0 Å². The van der Waals surface area contributed by atoms with Crippen molar-refractivity contribution in [3.63, 3.8) is 0 Å². The Balaban J connectivity index is 1.86. The van der Waals surface area contributed by atoms with Gasteiger partial charge < -0.3 is 9.84 Å². The topological polar surface area (TPSA) is 55.2 Å². The van der Waals surface area contributed by atoms with Crippen molar-refractivity contribution in [1.82, 2.24) is 10.2 Å². The zero-order valence-electron chi connectivity index (χ0n) is 11.6. The summed E-state index contributed by atoms with van der Waals surface area (Å²) in [6.07, 6.45) is 7.16. The second-order valence-corrected chi connectivity index (χ2v) is 6.61. The number of aromatic nitrogens is 2. The molecule has 19 heavy (non-hydrogen) atoms. The minimum Gasteiger partial charge on any atom is -0.390 e. The fourth-order valence-electron chi connectivity index (χ4n) is 1.65. The summed E-state index contributed by atoms with van der Waals surface area (Å²) in [6, 6.07) is 0. The monoisotopic (exact) mass is 304 g/mol. The molecule has 4 nitrogen and oxygen atoms in total. The van der Waals surface area contributed by atoms with Gasteiger partial charge >= 0.3 is 0 Å². The van der Waals surface area contributed by atoms with Crippen molar-refractivity contribution >= 4 is 23.1 Å². The van der Waals surface area contributed by atoms with Crippen molar-refractivity contribution < 1.29 is 9.84 Å². The molecule has 0 spiro atoms. The molecule has 1 atom stereocenters. The smallest absolute Gasteiger partial charge is 0.174 e. The lowest BCUT2D eigenvalue weighted by atomic mass is 10.1. The van der Waals surface area contributed by atoms with E-state index in [-0.39, 0.29) is 0 Å². The third-order valence-corrected chi connectivity index (χ3v) is 4.70. The van der Waals surface area contributed by atoms with E-state index in [0.717, 1.165) is 17.4 Å². The molecule has 0 aliphatic rings. The van der Waals surface area contributed by atoms with Crippen molar-refractivity contribution in [3.8, 4) is 0 Å². The molecule has 0 amide bonds. The number of aliphatic hydroxyl groups is 1. The molecule has 1 aromatic heterocycles. The van der Waals surface area contributed by atoms with Crippen LogP contribution in [0.2, 0.25) is 0 Å². The second kappa shape index (κ2) is 11.6. The first-order valence-electron chi connectivity index (χ1n) is 6.97. The highest BCUT2D eigenvalue weighted by Crippen LogP contribution is 2.19.